The molecule has 0 heterocycles. The number of carbonyl (C=O) groups is 3. The summed E-state index contributed by atoms with van der Waals surface area (Å²) in [5.74, 6) is -0.906. The number of rotatable bonds is 7. The first-order chi connectivity index (χ1) is 16.6. The highest BCUT2D eigenvalue weighted by molar-refractivity contribution is 5.89. The predicted molar refractivity (Wildman–Crippen MR) is 133 cm³/mol. The molecule has 2 amide bonds. The average Bonchev–Trinajstić information content (AvgIpc) is 3.15. The van der Waals surface area contributed by atoms with Gasteiger partial charge in [-0.1, -0.05) is 55.5 Å². The van der Waals surface area contributed by atoms with Gasteiger partial charge in [0.2, 0.25) is 5.91 Å². The molecule has 2 aliphatic carbocycles. The summed E-state index contributed by atoms with van der Waals surface area (Å²) in [5, 5.41) is 15.2. The van der Waals surface area contributed by atoms with Crippen LogP contribution < -0.4 is 10.6 Å². The molecule has 35 heavy (non-hydrogen) atoms. The van der Waals surface area contributed by atoms with Crippen molar-refractivity contribution in [3.05, 3.63) is 59.7 Å². The molecule has 7 heteroatoms. The minimum atomic E-state index is -1.26. The second-order valence-corrected chi connectivity index (χ2v) is 10.5. The molecule has 1 saturated carbocycles. The van der Waals surface area contributed by atoms with Crippen LogP contribution in [0.3, 0.4) is 0 Å². The second kappa shape index (κ2) is 9.72. The van der Waals surface area contributed by atoms with E-state index in [0.29, 0.717) is 18.8 Å². The SMILES string of the molecule is CC1CCC(CNC(=O)C(C)(C)NC(=O)OCC2c3ccccc3-c3ccccc32)(C(=O)O)CC1. The lowest BCUT2D eigenvalue weighted by molar-refractivity contribution is -0.151. The van der Waals surface area contributed by atoms with Crippen LogP contribution >= 0.6 is 0 Å². The number of aliphatic carboxylic acids is 1. The zero-order chi connectivity index (χ0) is 25.2. The van der Waals surface area contributed by atoms with Gasteiger partial charge in [0.25, 0.3) is 0 Å². The number of fused-ring (bicyclic) bond motifs is 3. The number of hydrogen-bond donors (Lipinski definition) is 3. The Morgan fingerprint density at radius 2 is 1.54 bits per heavy atom. The van der Waals surface area contributed by atoms with Crippen molar-refractivity contribution in [3.8, 4) is 11.1 Å². The van der Waals surface area contributed by atoms with Crippen molar-refractivity contribution in [2.24, 2.45) is 11.3 Å². The van der Waals surface area contributed by atoms with Gasteiger partial charge in [-0.25, -0.2) is 4.79 Å². The number of hydrogen-bond acceptors (Lipinski definition) is 4. The summed E-state index contributed by atoms with van der Waals surface area (Å²) in [6.45, 7) is 5.48. The van der Waals surface area contributed by atoms with Gasteiger partial charge in [-0.3, -0.25) is 9.59 Å². The summed E-state index contributed by atoms with van der Waals surface area (Å²) in [6, 6.07) is 16.2. The fourth-order valence-electron chi connectivity index (χ4n) is 5.20. The van der Waals surface area contributed by atoms with Gasteiger partial charge in [-0.15, -0.1) is 0 Å². The first kappa shape index (κ1) is 24.8. The Morgan fingerprint density at radius 1 is 1.00 bits per heavy atom. The molecule has 4 rings (SSSR count). The van der Waals surface area contributed by atoms with Crippen molar-refractivity contribution in [1.29, 1.82) is 0 Å². The highest BCUT2D eigenvalue weighted by atomic mass is 16.5. The van der Waals surface area contributed by atoms with Gasteiger partial charge in [0.1, 0.15) is 12.1 Å². The minimum absolute atomic E-state index is 0.0453. The van der Waals surface area contributed by atoms with Crippen molar-refractivity contribution >= 4 is 18.0 Å². The summed E-state index contributed by atoms with van der Waals surface area (Å²) in [5.41, 5.74) is 2.28. The smallest absolute Gasteiger partial charge is 0.408 e. The number of carboxylic acids is 1. The van der Waals surface area contributed by atoms with E-state index in [9.17, 15) is 19.5 Å². The zero-order valence-electron chi connectivity index (χ0n) is 20.6. The summed E-state index contributed by atoms with van der Waals surface area (Å²) < 4.78 is 5.57. The molecule has 2 aromatic carbocycles. The van der Waals surface area contributed by atoms with E-state index in [-0.39, 0.29) is 19.1 Å². The molecule has 0 radical (unpaired) electrons. The Hall–Kier alpha value is -3.35. The summed E-state index contributed by atoms with van der Waals surface area (Å²) in [6.07, 6.45) is 2.02. The van der Waals surface area contributed by atoms with Crippen LogP contribution in [0, 0.1) is 11.3 Å². The van der Waals surface area contributed by atoms with Crippen LogP contribution in [-0.2, 0) is 14.3 Å². The molecular formula is C28H34N2O5. The maximum Gasteiger partial charge on any atom is 0.408 e. The normalized spacial score (nSPS) is 21.5. The minimum Gasteiger partial charge on any atom is -0.481 e. The van der Waals surface area contributed by atoms with Gasteiger partial charge >= 0.3 is 12.1 Å². The van der Waals surface area contributed by atoms with Gasteiger partial charge in [-0.05, 0) is 67.7 Å². The van der Waals surface area contributed by atoms with Crippen LogP contribution in [0.1, 0.15) is 63.5 Å². The Kier molecular flexibility index (Phi) is 6.88. The third-order valence-electron chi connectivity index (χ3n) is 7.60. The molecule has 0 aliphatic heterocycles. The Morgan fingerprint density at radius 3 is 2.09 bits per heavy atom. The van der Waals surface area contributed by atoms with E-state index in [0.717, 1.165) is 35.1 Å². The molecule has 0 spiro atoms. The number of benzene rings is 2. The standard InChI is InChI=1S/C28H34N2O5/c1-18-12-14-28(15-13-18,25(32)33)17-29-24(31)27(2,3)30-26(34)35-16-23-21-10-6-4-8-19(21)20-9-5-7-11-22(20)23/h4-11,18,23H,12-17H2,1-3H3,(H,29,31)(H,30,34)(H,32,33). The number of ether oxygens (including phenoxy) is 1. The third-order valence-corrected chi connectivity index (χ3v) is 7.60. The summed E-state index contributed by atoms with van der Waals surface area (Å²) in [4.78, 5) is 37.5. The molecule has 3 N–H and O–H groups in total. The van der Waals surface area contributed by atoms with Crippen molar-refractivity contribution < 1.29 is 24.2 Å². The van der Waals surface area contributed by atoms with E-state index in [4.69, 9.17) is 4.74 Å². The number of alkyl carbamates (subject to hydrolysis) is 1. The van der Waals surface area contributed by atoms with Crippen molar-refractivity contribution in [2.75, 3.05) is 13.2 Å². The van der Waals surface area contributed by atoms with Crippen LogP contribution in [-0.4, -0.2) is 41.8 Å². The third kappa shape index (κ3) is 5.04. The average molecular weight is 479 g/mol. The number of nitrogens with one attached hydrogen (secondary N) is 2. The quantitative estimate of drug-likeness (QED) is 0.535. The Bertz CT molecular complexity index is 1070. The lowest BCUT2D eigenvalue weighted by Gasteiger charge is -2.36. The van der Waals surface area contributed by atoms with Crippen LogP contribution in [0.2, 0.25) is 0 Å². The van der Waals surface area contributed by atoms with E-state index < -0.39 is 28.9 Å². The topological polar surface area (TPSA) is 105 Å². The van der Waals surface area contributed by atoms with Gasteiger partial charge < -0.3 is 20.5 Å². The predicted octanol–water partition coefficient (Wildman–Crippen LogP) is 4.70. The molecule has 7 nitrogen and oxygen atoms in total. The molecule has 2 aliphatic rings. The number of carbonyl (C=O) groups excluding carboxylic acids is 2. The number of carboxylic acid groups (broad SMARTS) is 1. The monoisotopic (exact) mass is 478 g/mol. The molecule has 2 aromatic rings. The molecule has 1 fully saturated rings. The molecule has 0 atom stereocenters. The second-order valence-electron chi connectivity index (χ2n) is 10.5. The first-order valence-electron chi connectivity index (χ1n) is 12.3. The van der Waals surface area contributed by atoms with Gasteiger partial charge in [0.05, 0.1) is 5.41 Å². The fourth-order valence-corrected chi connectivity index (χ4v) is 5.20. The lowest BCUT2D eigenvalue weighted by atomic mass is 9.70. The lowest BCUT2D eigenvalue weighted by Crippen LogP contribution is -2.57. The van der Waals surface area contributed by atoms with Gasteiger partial charge in [0, 0.05) is 12.5 Å². The van der Waals surface area contributed by atoms with Crippen molar-refractivity contribution in [1.82, 2.24) is 10.6 Å². The highest BCUT2D eigenvalue weighted by Gasteiger charge is 2.42. The number of amides is 2. The molecule has 0 unspecified atom stereocenters. The molecule has 0 bridgehead atoms. The fraction of sp³-hybridized carbons (Fsp3) is 0.464. The van der Waals surface area contributed by atoms with Crippen molar-refractivity contribution in [2.45, 2.75) is 57.9 Å². The first-order valence-corrected chi connectivity index (χ1v) is 12.3. The Balaban J connectivity index is 1.35. The van der Waals surface area contributed by atoms with E-state index in [2.05, 4.69) is 29.7 Å². The van der Waals surface area contributed by atoms with Crippen LogP contribution in [0.15, 0.2) is 48.5 Å². The van der Waals surface area contributed by atoms with Gasteiger partial charge in [-0.2, -0.15) is 0 Å². The maximum atomic E-state index is 12.9. The molecule has 0 saturated heterocycles. The van der Waals surface area contributed by atoms with Crippen molar-refractivity contribution in [3.63, 3.8) is 0 Å². The Labute approximate surface area is 206 Å². The maximum absolute atomic E-state index is 12.9. The van der Waals surface area contributed by atoms with E-state index in [1.54, 1.807) is 13.8 Å². The molecule has 0 aromatic heterocycles. The van der Waals surface area contributed by atoms with Crippen LogP contribution in [0.25, 0.3) is 11.1 Å². The van der Waals surface area contributed by atoms with Crippen LogP contribution in [0.4, 0.5) is 4.79 Å². The highest BCUT2D eigenvalue weighted by Crippen LogP contribution is 2.44. The van der Waals surface area contributed by atoms with Gasteiger partial charge in [0.15, 0.2) is 0 Å². The summed E-state index contributed by atoms with van der Waals surface area (Å²) in [7, 11) is 0. The van der Waals surface area contributed by atoms with E-state index in [1.165, 1.54) is 0 Å². The van der Waals surface area contributed by atoms with E-state index >= 15 is 0 Å². The molecule has 186 valence electrons. The zero-order valence-corrected chi connectivity index (χ0v) is 20.6. The molecular weight excluding hydrogens is 444 g/mol. The largest absolute Gasteiger partial charge is 0.481 e. The van der Waals surface area contributed by atoms with E-state index in [1.807, 2.05) is 36.4 Å². The summed E-state index contributed by atoms with van der Waals surface area (Å²) >= 11 is 0. The van der Waals surface area contributed by atoms with Crippen LogP contribution in [0.5, 0.6) is 0 Å².